The quantitative estimate of drug-likeness (QED) is 0.724. The number of carboxylic acids is 2. The third-order valence-electron chi connectivity index (χ3n) is 3.73. The molecule has 1 heterocycles. The molecule has 118 valence electrons. The van der Waals surface area contributed by atoms with Crippen LogP contribution in [-0.4, -0.2) is 44.6 Å². The van der Waals surface area contributed by atoms with Crippen LogP contribution in [0, 0.1) is 5.41 Å². The molecule has 0 aromatic heterocycles. The van der Waals surface area contributed by atoms with Crippen LogP contribution >= 0.6 is 11.8 Å². The fourth-order valence-corrected chi connectivity index (χ4v) is 3.99. The van der Waals surface area contributed by atoms with Crippen molar-refractivity contribution in [3.8, 4) is 0 Å². The Labute approximate surface area is 126 Å². The molecule has 1 unspecified atom stereocenters. The molecule has 0 fully saturated rings. The maximum atomic E-state index is 12.1. The molecule has 1 amide bonds. The highest BCUT2D eigenvalue weighted by atomic mass is 32.2. The van der Waals surface area contributed by atoms with E-state index in [2.05, 4.69) is 0 Å². The van der Waals surface area contributed by atoms with E-state index in [9.17, 15) is 24.6 Å². The van der Waals surface area contributed by atoms with Gasteiger partial charge in [0.25, 0.3) is 0 Å². The molecule has 1 aliphatic heterocycles. The van der Waals surface area contributed by atoms with Crippen LogP contribution < -0.4 is 0 Å². The highest BCUT2D eigenvalue weighted by Gasteiger charge is 2.66. The first-order chi connectivity index (χ1) is 9.83. The van der Waals surface area contributed by atoms with Crippen LogP contribution in [0.3, 0.4) is 0 Å². The van der Waals surface area contributed by atoms with Crippen molar-refractivity contribution in [3.63, 3.8) is 0 Å². The number of carbonyl (C=O) groups is 3. The zero-order valence-electron chi connectivity index (χ0n) is 12.2. The number of ether oxygens (including phenoxy) is 1. The minimum absolute atomic E-state index is 0.118. The van der Waals surface area contributed by atoms with E-state index in [1.807, 2.05) is 0 Å². The van der Waals surface area contributed by atoms with Crippen molar-refractivity contribution in [1.82, 2.24) is 4.90 Å². The Kier molecular flexibility index (Phi) is 5.27. The number of nitrogens with zero attached hydrogens (tertiary/aromatic N) is 1. The van der Waals surface area contributed by atoms with E-state index in [1.165, 1.54) is 18.5 Å². The normalized spacial score (nSPS) is 21.4. The Hall–Kier alpha value is -1.70. The average molecular weight is 317 g/mol. The molecule has 0 radical (unpaired) electrons. The van der Waals surface area contributed by atoms with Gasteiger partial charge in [0.05, 0.1) is 6.61 Å². The van der Waals surface area contributed by atoms with Crippen molar-refractivity contribution in [2.45, 2.75) is 38.5 Å². The Morgan fingerprint density at radius 3 is 2.19 bits per heavy atom. The molecular weight excluding hydrogens is 298 g/mol. The SMILES string of the molecule is CCOC(=O)N1C=CSC1(CC)C(CC)(C(=O)O)C(=O)O. The monoisotopic (exact) mass is 317 g/mol. The maximum Gasteiger partial charge on any atom is 0.415 e. The molecule has 0 saturated heterocycles. The molecule has 21 heavy (non-hydrogen) atoms. The number of hydrogen-bond donors (Lipinski definition) is 2. The third kappa shape index (κ3) is 2.37. The van der Waals surface area contributed by atoms with E-state index in [0.29, 0.717) is 0 Å². The summed E-state index contributed by atoms with van der Waals surface area (Å²) in [6.45, 7) is 4.89. The summed E-state index contributed by atoms with van der Waals surface area (Å²) >= 11 is 1.02. The van der Waals surface area contributed by atoms with Gasteiger partial charge in [0, 0.05) is 6.20 Å². The predicted octanol–water partition coefficient (Wildman–Crippen LogP) is 2.33. The smallest absolute Gasteiger partial charge is 0.415 e. The third-order valence-corrected chi connectivity index (χ3v) is 5.21. The molecule has 1 atom stereocenters. The van der Waals surface area contributed by atoms with Gasteiger partial charge in [-0.05, 0) is 25.2 Å². The molecule has 0 aromatic carbocycles. The average Bonchev–Trinajstić information content (AvgIpc) is 2.85. The molecule has 0 spiro atoms. The van der Waals surface area contributed by atoms with Gasteiger partial charge in [-0.2, -0.15) is 0 Å². The molecular formula is C13H19NO6S. The first-order valence-electron chi connectivity index (χ1n) is 6.61. The molecule has 0 aromatic rings. The van der Waals surface area contributed by atoms with Crippen LogP contribution in [0.15, 0.2) is 11.6 Å². The van der Waals surface area contributed by atoms with Crippen molar-refractivity contribution < 1.29 is 29.3 Å². The lowest BCUT2D eigenvalue weighted by Crippen LogP contribution is -2.62. The van der Waals surface area contributed by atoms with Gasteiger partial charge in [0.1, 0.15) is 4.87 Å². The molecule has 7 nitrogen and oxygen atoms in total. The second-order valence-electron chi connectivity index (χ2n) is 4.48. The number of carboxylic acid groups (broad SMARTS) is 2. The summed E-state index contributed by atoms with van der Waals surface area (Å²) in [7, 11) is 0. The summed E-state index contributed by atoms with van der Waals surface area (Å²) in [4.78, 5) is 35.3. The van der Waals surface area contributed by atoms with Gasteiger partial charge in [-0.1, -0.05) is 13.8 Å². The molecule has 1 rings (SSSR count). The standard InChI is InChI=1S/C13H19NO6S/c1-4-12(9(15)16,10(17)18)13(5-2)14(7-8-21-13)11(19)20-6-3/h7-8H,4-6H2,1-3H3,(H,15,16)(H,17,18). The van der Waals surface area contributed by atoms with E-state index in [4.69, 9.17) is 4.74 Å². The summed E-state index contributed by atoms with van der Waals surface area (Å²) in [6.07, 6.45) is 0.620. The van der Waals surface area contributed by atoms with E-state index in [1.54, 1.807) is 13.8 Å². The second-order valence-corrected chi connectivity index (χ2v) is 5.66. The largest absolute Gasteiger partial charge is 0.480 e. The predicted molar refractivity (Wildman–Crippen MR) is 76.6 cm³/mol. The number of hydrogen-bond acceptors (Lipinski definition) is 5. The number of rotatable bonds is 6. The topological polar surface area (TPSA) is 104 Å². The first-order valence-corrected chi connectivity index (χ1v) is 7.49. The van der Waals surface area contributed by atoms with Gasteiger partial charge in [0.15, 0.2) is 5.41 Å². The minimum atomic E-state index is -2.12. The van der Waals surface area contributed by atoms with Gasteiger partial charge < -0.3 is 14.9 Å². The number of thioether (sulfide) groups is 1. The summed E-state index contributed by atoms with van der Waals surface area (Å²) in [6, 6.07) is 0. The highest BCUT2D eigenvalue weighted by molar-refractivity contribution is 8.03. The molecule has 2 N–H and O–H groups in total. The Balaban J connectivity index is 3.45. The summed E-state index contributed by atoms with van der Waals surface area (Å²) in [5, 5.41) is 20.7. The Morgan fingerprint density at radius 2 is 1.81 bits per heavy atom. The first kappa shape index (κ1) is 17.4. The van der Waals surface area contributed by atoms with Crippen molar-refractivity contribution in [3.05, 3.63) is 11.6 Å². The van der Waals surface area contributed by atoms with E-state index >= 15 is 0 Å². The van der Waals surface area contributed by atoms with Gasteiger partial charge in [-0.15, -0.1) is 11.8 Å². The van der Waals surface area contributed by atoms with E-state index < -0.39 is 28.3 Å². The second kappa shape index (κ2) is 6.38. The maximum absolute atomic E-state index is 12.1. The molecule has 1 aliphatic rings. The number of aliphatic carboxylic acids is 2. The highest BCUT2D eigenvalue weighted by Crippen LogP contribution is 2.54. The van der Waals surface area contributed by atoms with Crippen LogP contribution in [-0.2, 0) is 14.3 Å². The Bertz CT molecular complexity index is 463. The molecule has 8 heteroatoms. The van der Waals surface area contributed by atoms with Crippen LogP contribution in [0.25, 0.3) is 0 Å². The van der Waals surface area contributed by atoms with E-state index in [-0.39, 0.29) is 19.4 Å². The van der Waals surface area contributed by atoms with Gasteiger partial charge in [0.2, 0.25) is 0 Å². The van der Waals surface area contributed by atoms with Crippen molar-refractivity contribution in [1.29, 1.82) is 0 Å². The summed E-state index contributed by atoms with van der Waals surface area (Å²) in [5.74, 6) is -2.94. The van der Waals surface area contributed by atoms with Gasteiger partial charge in [-0.25, -0.2) is 4.79 Å². The fourth-order valence-electron chi connectivity index (χ4n) is 2.65. The fraction of sp³-hybridized carbons (Fsp3) is 0.615. The van der Waals surface area contributed by atoms with Crippen molar-refractivity contribution in [2.24, 2.45) is 5.41 Å². The van der Waals surface area contributed by atoms with Gasteiger partial charge in [-0.3, -0.25) is 14.5 Å². The van der Waals surface area contributed by atoms with Crippen molar-refractivity contribution in [2.75, 3.05) is 6.61 Å². The summed E-state index contributed by atoms with van der Waals surface area (Å²) < 4.78 is 4.92. The minimum Gasteiger partial charge on any atom is -0.480 e. The lowest BCUT2D eigenvalue weighted by atomic mass is 9.75. The lowest BCUT2D eigenvalue weighted by Gasteiger charge is -2.45. The van der Waals surface area contributed by atoms with Crippen LogP contribution in [0.1, 0.15) is 33.6 Å². The number of amides is 1. The lowest BCUT2D eigenvalue weighted by molar-refractivity contribution is -0.171. The summed E-state index contributed by atoms with van der Waals surface area (Å²) in [5.41, 5.74) is -2.12. The van der Waals surface area contributed by atoms with E-state index in [0.717, 1.165) is 16.7 Å². The molecule has 0 bridgehead atoms. The Morgan fingerprint density at radius 1 is 1.24 bits per heavy atom. The van der Waals surface area contributed by atoms with Gasteiger partial charge >= 0.3 is 18.0 Å². The molecule has 0 saturated carbocycles. The zero-order chi connectivity index (χ0) is 16.3. The zero-order valence-corrected chi connectivity index (χ0v) is 13.0. The van der Waals surface area contributed by atoms with Crippen LogP contribution in [0.5, 0.6) is 0 Å². The van der Waals surface area contributed by atoms with Crippen LogP contribution in [0.2, 0.25) is 0 Å². The van der Waals surface area contributed by atoms with Crippen LogP contribution in [0.4, 0.5) is 4.79 Å². The van der Waals surface area contributed by atoms with Crippen molar-refractivity contribution >= 4 is 29.8 Å². The number of carbonyl (C=O) groups excluding carboxylic acids is 1. The molecule has 0 aliphatic carbocycles.